The van der Waals surface area contributed by atoms with Gasteiger partial charge < -0.3 is 5.32 Å². The molecule has 1 aliphatic heterocycles. The van der Waals surface area contributed by atoms with Crippen molar-refractivity contribution < 1.29 is 12.8 Å². The zero-order chi connectivity index (χ0) is 16.6. The van der Waals surface area contributed by atoms with Gasteiger partial charge in [0.2, 0.25) is 0 Å². The van der Waals surface area contributed by atoms with E-state index in [1.165, 1.54) is 16.4 Å². The molecule has 0 fully saturated rings. The molecule has 1 N–H and O–H groups in total. The zero-order valence-corrected chi connectivity index (χ0v) is 14.0. The van der Waals surface area contributed by atoms with Crippen molar-refractivity contribution in [3.05, 3.63) is 58.9 Å². The maximum Gasteiger partial charge on any atom is 0.267 e. The number of hydrogen-bond donors (Lipinski definition) is 1. The van der Waals surface area contributed by atoms with E-state index < -0.39 is 15.8 Å². The van der Waals surface area contributed by atoms with Crippen molar-refractivity contribution in [3.63, 3.8) is 0 Å². The van der Waals surface area contributed by atoms with Gasteiger partial charge in [-0.15, -0.1) is 0 Å². The molecule has 4 nitrogen and oxygen atoms in total. The third-order valence-corrected chi connectivity index (χ3v) is 5.85. The van der Waals surface area contributed by atoms with Crippen LogP contribution in [0.15, 0.2) is 47.4 Å². The first-order chi connectivity index (χ1) is 10.9. The third-order valence-electron chi connectivity index (χ3n) is 3.80. The Morgan fingerprint density at radius 1 is 1.26 bits per heavy atom. The summed E-state index contributed by atoms with van der Waals surface area (Å²) < 4.78 is 41.4. The molecule has 0 saturated heterocycles. The second-order valence-electron chi connectivity index (χ2n) is 5.52. The van der Waals surface area contributed by atoms with Crippen LogP contribution in [0.25, 0.3) is 0 Å². The number of rotatable bonds is 2. The van der Waals surface area contributed by atoms with Crippen molar-refractivity contribution in [3.8, 4) is 0 Å². The number of nitrogens with zero attached hydrogens (tertiary/aromatic N) is 1. The van der Waals surface area contributed by atoms with Crippen LogP contribution in [0.3, 0.4) is 0 Å². The van der Waals surface area contributed by atoms with Gasteiger partial charge in [0.25, 0.3) is 10.0 Å². The highest BCUT2D eigenvalue weighted by Gasteiger charge is 2.32. The van der Waals surface area contributed by atoms with Crippen LogP contribution in [0.1, 0.15) is 12.5 Å². The molecule has 0 radical (unpaired) electrons. The lowest BCUT2D eigenvalue weighted by Gasteiger charge is -2.26. The Labute approximate surface area is 139 Å². The van der Waals surface area contributed by atoms with Crippen LogP contribution in [-0.2, 0) is 16.6 Å². The van der Waals surface area contributed by atoms with E-state index in [4.69, 9.17) is 11.6 Å². The highest BCUT2D eigenvalue weighted by Crippen LogP contribution is 2.31. The van der Waals surface area contributed by atoms with E-state index in [-0.39, 0.29) is 22.5 Å². The molecule has 3 rings (SSSR count). The molecule has 1 aliphatic rings. The Morgan fingerprint density at radius 3 is 2.74 bits per heavy atom. The molecule has 1 heterocycles. The topological polar surface area (TPSA) is 49.4 Å². The number of hydrogen-bond acceptors (Lipinski definition) is 3. The Morgan fingerprint density at radius 2 is 2.00 bits per heavy atom. The SMILES string of the molecule is CC1CN(S(=O)(=O)c2ccc(Cl)cc2F)c2ccccc2CN1. The summed E-state index contributed by atoms with van der Waals surface area (Å²) in [6.45, 7) is 2.68. The Hall–Kier alpha value is -1.63. The number of anilines is 1. The second-order valence-corrected chi connectivity index (χ2v) is 7.79. The molecule has 2 aromatic carbocycles. The fourth-order valence-corrected chi connectivity index (χ4v) is 4.43. The number of benzene rings is 2. The molecule has 7 heteroatoms. The average Bonchev–Trinajstić information content (AvgIpc) is 2.67. The number of nitrogens with one attached hydrogen (secondary N) is 1. The van der Waals surface area contributed by atoms with Gasteiger partial charge in [-0.1, -0.05) is 29.8 Å². The lowest BCUT2D eigenvalue weighted by Crippen LogP contribution is -2.40. The predicted molar refractivity (Wildman–Crippen MR) is 88.7 cm³/mol. The van der Waals surface area contributed by atoms with Crippen molar-refractivity contribution in [2.75, 3.05) is 10.8 Å². The van der Waals surface area contributed by atoms with Gasteiger partial charge in [-0.3, -0.25) is 4.31 Å². The van der Waals surface area contributed by atoms with Crippen molar-refractivity contribution in [2.24, 2.45) is 0 Å². The Kier molecular flexibility index (Phi) is 4.31. The first-order valence-corrected chi connectivity index (χ1v) is 9.00. The van der Waals surface area contributed by atoms with Crippen molar-refractivity contribution in [1.82, 2.24) is 5.32 Å². The van der Waals surface area contributed by atoms with Gasteiger partial charge in [0, 0.05) is 24.2 Å². The average molecular weight is 355 g/mol. The fraction of sp³-hybridized carbons (Fsp3) is 0.250. The minimum atomic E-state index is -4.02. The van der Waals surface area contributed by atoms with E-state index >= 15 is 0 Å². The molecule has 0 amide bonds. The van der Waals surface area contributed by atoms with Crippen LogP contribution in [0.4, 0.5) is 10.1 Å². The Bertz CT molecular complexity index is 842. The van der Waals surface area contributed by atoms with Crippen LogP contribution in [-0.4, -0.2) is 21.0 Å². The van der Waals surface area contributed by atoms with Gasteiger partial charge >= 0.3 is 0 Å². The van der Waals surface area contributed by atoms with Crippen molar-refractivity contribution >= 4 is 27.3 Å². The molecule has 1 atom stereocenters. The molecule has 1 unspecified atom stereocenters. The maximum atomic E-state index is 14.2. The van der Waals surface area contributed by atoms with Gasteiger partial charge in [0.15, 0.2) is 0 Å². The molecule has 0 spiro atoms. The quantitative estimate of drug-likeness (QED) is 0.901. The smallest absolute Gasteiger partial charge is 0.267 e. The van der Waals surface area contributed by atoms with Gasteiger partial charge in [0.05, 0.1) is 5.69 Å². The summed E-state index contributed by atoms with van der Waals surface area (Å²) in [5, 5.41) is 3.42. The number of para-hydroxylation sites is 1. The van der Waals surface area contributed by atoms with Gasteiger partial charge in [-0.25, -0.2) is 12.8 Å². The summed E-state index contributed by atoms with van der Waals surface area (Å²) >= 11 is 5.72. The minimum Gasteiger partial charge on any atom is -0.308 e. The standard InChI is InChI=1S/C16H16ClFN2O2S/c1-11-10-20(15-5-3-2-4-12(15)9-19-11)23(21,22)16-7-6-13(17)8-14(16)18/h2-8,11,19H,9-10H2,1H3. The number of sulfonamides is 1. The first-order valence-electron chi connectivity index (χ1n) is 7.18. The molecular weight excluding hydrogens is 339 g/mol. The highest BCUT2D eigenvalue weighted by atomic mass is 35.5. The summed E-state index contributed by atoms with van der Waals surface area (Å²) in [6, 6.07) is 10.8. The normalized spacial score (nSPS) is 18.4. The molecule has 0 saturated carbocycles. The molecule has 0 bridgehead atoms. The van der Waals surface area contributed by atoms with Crippen LogP contribution in [0.5, 0.6) is 0 Å². The summed E-state index contributed by atoms with van der Waals surface area (Å²) in [4.78, 5) is -0.370. The third kappa shape index (κ3) is 3.06. The summed E-state index contributed by atoms with van der Waals surface area (Å²) in [7, 11) is -4.02. The summed E-state index contributed by atoms with van der Waals surface area (Å²) in [5.74, 6) is -0.847. The first kappa shape index (κ1) is 16.2. The fourth-order valence-electron chi connectivity index (χ4n) is 2.63. The van der Waals surface area contributed by atoms with E-state index in [9.17, 15) is 12.8 Å². The number of halogens is 2. The van der Waals surface area contributed by atoms with Crippen molar-refractivity contribution in [2.45, 2.75) is 24.4 Å². The molecule has 2 aromatic rings. The molecule has 0 aliphatic carbocycles. The van der Waals surface area contributed by atoms with E-state index in [0.29, 0.717) is 12.2 Å². The van der Waals surface area contributed by atoms with Crippen LogP contribution < -0.4 is 9.62 Å². The largest absolute Gasteiger partial charge is 0.308 e. The van der Waals surface area contributed by atoms with E-state index in [1.807, 2.05) is 19.1 Å². The zero-order valence-electron chi connectivity index (χ0n) is 12.5. The molecule has 23 heavy (non-hydrogen) atoms. The van der Waals surface area contributed by atoms with Crippen LogP contribution >= 0.6 is 11.6 Å². The maximum absolute atomic E-state index is 14.2. The Balaban J connectivity index is 2.14. The van der Waals surface area contributed by atoms with Gasteiger partial charge in [-0.05, 0) is 36.8 Å². The molecule has 122 valence electrons. The van der Waals surface area contributed by atoms with Gasteiger partial charge in [0.1, 0.15) is 10.7 Å². The summed E-state index contributed by atoms with van der Waals surface area (Å²) in [6.07, 6.45) is 0. The number of fused-ring (bicyclic) bond motifs is 1. The van der Waals surface area contributed by atoms with Crippen LogP contribution in [0, 0.1) is 5.82 Å². The van der Waals surface area contributed by atoms with Gasteiger partial charge in [-0.2, -0.15) is 0 Å². The lowest BCUT2D eigenvalue weighted by atomic mass is 10.2. The molecule has 0 aromatic heterocycles. The predicted octanol–water partition coefficient (Wildman–Crippen LogP) is 3.17. The lowest BCUT2D eigenvalue weighted by molar-refractivity contribution is 0.546. The second kappa shape index (κ2) is 6.11. The van der Waals surface area contributed by atoms with Crippen LogP contribution in [0.2, 0.25) is 5.02 Å². The summed E-state index contributed by atoms with van der Waals surface area (Å²) in [5.41, 5.74) is 1.42. The van der Waals surface area contributed by atoms with Crippen molar-refractivity contribution in [1.29, 1.82) is 0 Å². The van der Waals surface area contributed by atoms with E-state index in [1.54, 1.807) is 12.1 Å². The molecular formula is C16H16ClFN2O2S. The van der Waals surface area contributed by atoms with E-state index in [0.717, 1.165) is 11.6 Å². The van der Waals surface area contributed by atoms with E-state index in [2.05, 4.69) is 5.32 Å². The monoisotopic (exact) mass is 354 g/mol. The highest BCUT2D eigenvalue weighted by molar-refractivity contribution is 7.92. The minimum absolute atomic E-state index is 0.0625.